The first-order valence-electron chi connectivity index (χ1n) is 12.3. The lowest BCUT2D eigenvalue weighted by molar-refractivity contribution is 0.294. The van der Waals surface area contributed by atoms with Crippen molar-refractivity contribution in [3.05, 3.63) is 65.0 Å². The van der Waals surface area contributed by atoms with Crippen LogP contribution in [0.3, 0.4) is 0 Å². The first kappa shape index (κ1) is 23.7. The fourth-order valence-electron chi connectivity index (χ4n) is 4.18. The molecule has 4 aromatic heterocycles. The molecule has 0 saturated heterocycles. The molecule has 0 radical (unpaired) electrons. The molecule has 4 aromatic rings. The Morgan fingerprint density at radius 1 is 1.14 bits per heavy atom. The zero-order chi connectivity index (χ0) is 24.8. The molecular formula is C26H34N6O2Si. The lowest BCUT2D eigenvalue weighted by Gasteiger charge is -2.36. The standard InChI is InChI=1S/C26H34N6O2Si/c1-26(2,3)35(4,5)34-15-7-6-8-21-20(29-24-17-28-13-14-30(21)24)18-31-23-16-27-12-11-22(23)32(25(31)33)19-9-10-19/h6,8,11-14,16-17,19H,7,9-10,15,18H2,1-5H3. The van der Waals surface area contributed by atoms with Crippen LogP contribution in [0.2, 0.25) is 18.1 Å². The molecule has 1 aliphatic rings. The van der Waals surface area contributed by atoms with Crippen molar-refractivity contribution in [3.8, 4) is 0 Å². The third-order valence-corrected chi connectivity index (χ3v) is 11.9. The average Bonchev–Trinajstić information content (AvgIpc) is 3.53. The van der Waals surface area contributed by atoms with E-state index in [4.69, 9.17) is 9.41 Å². The van der Waals surface area contributed by atoms with Crippen molar-refractivity contribution >= 4 is 31.1 Å². The summed E-state index contributed by atoms with van der Waals surface area (Å²) in [5.74, 6) is 0. The van der Waals surface area contributed by atoms with Gasteiger partial charge in [-0.2, -0.15) is 0 Å². The monoisotopic (exact) mass is 490 g/mol. The molecule has 1 aliphatic carbocycles. The average molecular weight is 491 g/mol. The van der Waals surface area contributed by atoms with Gasteiger partial charge in [-0.25, -0.2) is 9.78 Å². The van der Waals surface area contributed by atoms with E-state index < -0.39 is 8.32 Å². The van der Waals surface area contributed by atoms with E-state index in [-0.39, 0.29) is 10.7 Å². The third-order valence-electron chi connectivity index (χ3n) is 7.36. The fraction of sp³-hybridized carbons (Fsp3) is 0.462. The van der Waals surface area contributed by atoms with E-state index in [0.717, 1.165) is 47.3 Å². The predicted octanol–water partition coefficient (Wildman–Crippen LogP) is 5.05. The molecule has 0 aliphatic heterocycles. The Bertz CT molecular complexity index is 1450. The number of hydrogen-bond donors (Lipinski definition) is 0. The molecule has 4 heterocycles. The second kappa shape index (κ2) is 8.87. The SMILES string of the molecule is CC(C)(C)[Si](C)(C)OCCC=Cc1c(Cn2c(=O)n(C3CC3)c3ccncc32)nc2cnccn12. The van der Waals surface area contributed by atoms with Crippen molar-refractivity contribution < 1.29 is 4.43 Å². The largest absolute Gasteiger partial charge is 0.417 e. The fourth-order valence-corrected chi connectivity index (χ4v) is 5.24. The smallest absolute Gasteiger partial charge is 0.329 e. The summed E-state index contributed by atoms with van der Waals surface area (Å²) in [6.45, 7) is 12.4. The van der Waals surface area contributed by atoms with Crippen LogP contribution in [0.5, 0.6) is 0 Å². The van der Waals surface area contributed by atoms with Gasteiger partial charge in [0, 0.05) is 31.2 Å². The molecule has 35 heavy (non-hydrogen) atoms. The second-order valence-corrected chi connectivity index (χ2v) is 15.7. The summed E-state index contributed by atoms with van der Waals surface area (Å²) in [7, 11) is -1.77. The van der Waals surface area contributed by atoms with Gasteiger partial charge in [-0.15, -0.1) is 0 Å². The Balaban J connectivity index is 1.44. The summed E-state index contributed by atoms with van der Waals surface area (Å²) >= 11 is 0. The summed E-state index contributed by atoms with van der Waals surface area (Å²) in [4.78, 5) is 26.7. The van der Waals surface area contributed by atoms with Gasteiger partial charge in [-0.1, -0.05) is 26.8 Å². The minimum absolute atomic E-state index is 0.00313. The number of aromatic nitrogens is 6. The van der Waals surface area contributed by atoms with Gasteiger partial charge in [0.25, 0.3) is 0 Å². The second-order valence-electron chi connectivity index (χ2n) is 10.9. The lowest BCUT2D eigenvalue weighted by Crippen LogP contribution is -2.40. The first-order chi connectivity index (χ1) is 16.7. The number of nitrogens with zero attached hydrogens (tertiary/aromatic N) is 6. The highest BCUT2D eigenvalue weighted by Crippen LogP contribution is 2.37. The van der Waals surface area contributed by atoms with Gasteiger partial charge < -0.3 is 4.43 Å². The van der Waals surface area contributed by atoms with Crippen molar-refractivity contribution in [1.82, 2.24) is 28.5 Å². The molecular weight excluding hydrogens is 456 g/mol. The molecule has 5 rings (SSSR count). The Hall–Kier alpha value is -3.04. The van der Waals surface area contributed by atoms with E-state index in [1.807, 2.05) is 21.2 Å². The van der Waals surface area contributed by atoms with E-state index in [0.29, 0.717) is 19.2 Å². The minimum Gasteiger partial charge on any atom is -0.417 e. The van der Waals surface area contributed by atoms with Crippen molar-refractivity contribution in [2.45, 2.75) is 70.8 Å². The van der Waals surface area contributed by atoms with E-state index in [2.05, 4.69) is 56.0 Å². The van der Waals surface area contributed by atoms with Gasteiger partial charge in [0.15, 0.2) is 14.0 Å². The molecule has 0 N–H and O–H groups in total. The first-order valence-corrected chi connectivity index (χ1v) is 15.2. The lowest BCUT2D eigenvalue weighted by atomic mass is 10.2. The number of fused-ring (bicyclic) bond motifs is 2. The van der Waals surface area contributed by atoms with Crippen LogP contribution in [0, 0.1) is 0 Å². The number of hydrogen-bond acceptors (Lipinski definition) is 5. The number of rotatable bonds is 8. The molecule has 184 valence electrons. The summed E-state index contributed by atoms with van der Waals surface area (Å²) in [5.41, 5.74) is 4.34. The van der Waals surface area contributed by atoms with E-state index in [1.165, 1.54) is 0 Å². The summed E-state index contributed by atoms with van der Waals surface area (Å²) < 4.78 is 12.1. The molecule has 0 spiro atoms. The molecule has 0 unspecified atom stereocenters. The summed E-state index contributed by atoms with van der Waals surface area (Å²) in [6, 6.07) is 2.22. The quantitative estimate of drug-likeness (QED) is 0.255. The zero-order valence-corrected chi connectivity index (χ0v) is 22.2. The number of pyridine rings is 1. The number of imidazole rings is 2. The van der Waals surface area contributed by atoms with E-state index >= 15 is 0 Å². The minimum atomic E-state index is -1.77. The molecule has 0 amide bonds. The van der Waals surface area contributed by atoms with Gasteiger partial charge in [0.1, 0.15) is 0 Å². The molecule has 1 saturated carbocycles. The van der Waals surface area contributed by atoms with E-state index in [9.17, 15) is 4.79 Å². The highest BCUT2D eigenvalue weighted by molar-refractivity contribution is 6.74. The Morgan fingerprint density at radius 3 is 2.66 bits per heavy atom. The van der Waals surface area contributed by atoms with Gasteiger partial charge >= 0.3 is 5.69 Å². The van der Waals surface area contributed by atoms with Crippen LogP contribution >= 0.6 is 0 Å². The van der Waals surface area contributed by atoms with Crippen molar-refractivity contribution in [1.29, 1.82) is 0 Å². The molecule has 1 fully saturated rings. The van der Waals surface area contributed by atoms with Crippen LogP contribution in [0.25, 0.3) is 22.8 Å². The maximum absolute atomic E-state index is 13.4. The van der Waals surface area contributed by atoms with Crippen LogP contribution in [-0.2, 0) is 11.0 Å². The van der Waals surface area contributed by atoms with Gasteiger partial charge in [0.2, 0.25) is 0 Å². The normalized spacial score (nSPS) is 15.1. The molecule has 0 aromatic carbocycles. The maximum Gasteiger partial charge on any atom is 0.329 e. The Labute approximate surface area is 206 Å². The van der Waals surface area contributed by atoms with Gasteiger partial charge in [-0.05, 0) is 49.5 Å². The van der Waals surface area contributed by atoms with Crippen molar-refractivity contribution in [2.24, 2.45) is 0 Å². The predicted molar refractivity (Wildman–Crippen MR) is 141 cm³/mol. The molecule has 9 heteroatoms. The maximum atomic E-state index is 13.4. The van der Waals surface area contributed by atoms with E-state index in [1.54, 1.807) is 29.4 Å². The van der Waals surface area contributed by atoms with Gasteiger partial charge in [-0.3, -0.25) is 23.5 Å². The molecule has 0 bridgehead atoms. The molecule has 8 nitrogen and oxygen atoms in total. The van der Waals surface area contributed by atoms with Crippen LogP contribution in [0.1, 0.15) is 57.5 Å². The van der Waals surface area contributed by atoms with Crippen molar-refractivity contribution in [2.75, 3.05) is 6.61 Å². The zero-order valence-electron chi connectivity index (χ0n) is 21.2. The van der Waals surface area contributed by atoms with Crippen LogP contribution in [0.15, 0.2) is 47.9 Å². The highest BCUT2D eigenvalue weighted by Gasteiger charge is 2.36. The van der Waals surface area contributed by atoms with Gasteiger partial charge in [0.05, 0.1) is 41.4 Å². The van der Waals surface area contributed by atoms with Crippen LogP contribution in [-0.4, -0.2) is 43.4 Å². The Kier molecular flexibility index (Phi) is 6.00. The van der Waals surface area contributed by atoms with Crippen LogP contribution in [0.4, 0.5) is 0 Å². The summed E-state index contributed by atoms with van der Waals surface area (Å²) in [5, 5.41) is 0.195. The molecule has 0 atom stereocenters. The summed E-state index contributed by atoms with van der Waals surface area (Å²) in [6.07, 6.45) is 16.1. The topological polar surface area (TPSA) is 79.2 Å². The van der Waals surface area contributed by atoms with Crippen molar-refractivity contribution in [3.63, 3.8) is 0 Å². The Morgan fingerprint density at radius 2 is 1.91 bits per heavy atom. The third kappa shape index (κ3) is 4.50. The highest BCUT2D eigenvalue weighted by atomic mass is 28.4. The van der Waals surface area contributed by atoms with Crippen LogP contribution < -0.4 is 5.69 Å².